The van der Waals surface area contributed by atoms with Crippen molar-refractivity contribution in [2.24, 2.45) is 5.92 Å². The molecule has 1 aliphatic heterocycles. The summed E-state index contributed by atoms with van der Waals surface area (Å²) in [6, 6.07) is 5.01. The normalized spacial score (nSPS) is 16.1. The Labute approximate surface area is 136 Å². The maximum Gasteiger partial charge on any atom is 0.416 e. The summed E-state index contributed by atoms with van der Waals surface area (Å²) in [5, 5.41) is 13.0. The molecule has 1 aromatic carbocycles. The Bertz CT molecular complexity index is 719. The van der Waals surface area contributed by atoms with Gasteiger partial charge in [0, 0.05) is 31.4 Å². The van der Waals surface area contributed by atoms with Gasteiger partial charge in [-0.25, -0.2) is 0 Å². The SMILES string of the molecule is O=C(O)C1CN(Cc2cnn(Cc3ccc(C(F)(F)F)cc3)c2)C1. The number of aromatic nitrogens is 2. The van der Waals surface area contributed by atoms with Crippen LogP contribution in [0.15, 0.2) is 36.7 Å². The Morgan fingerprint density at radius 2 is 1.83 bits per heavy atom. The monoisotopic (exact) mass is 339 g/mol. The smallest absolute Gasteiger partial charge is 0.416 e. The number of carboxylic acids is 1. The van der Waals surface area contributed by atoms with Gasteiger partial charge < -0.3 is 5.11 Å². The number of aliphatic carboxylic acids is 1. The van der Waals surface area contributed by atoms with Gasteiger partial charge in [0.05, 0.1) is 24.2 Å². The molecule has 24 heavy (non-hydrogen) atoms. The van der Waals surface area contributed by atoms with Crippen LogP contribution in [0.4, 0.5) is 13.2 Å². The first-order valence-corrected chi connectivity index (χ1v) is 7.44. The average Bonchev–Trinajstić information content (AvgIpc) is 2.89. The first kappa shape index (κ1) is 16.5. The summed E-state index contributed by atoms with van der Waals surface area (Å²) in [4.78, 5) is 12.8. The Morgan fingerprint density at radius 3 is 2.42 bits per heavy atom. The predicted octanol–water partition coefficient (Wildman–Crippen LogP) is 2.47. The molecular formula is C16H16F3N3O2. The number of halogens is 3. The fraction of sp³-hybridized carbons (Fsp3) is 0.375. The van der Waals surface area contributed by atoms with Crippen LogP contribution >= 0.6 is 0 Å². The number of alkyl halides is 3. The highest BCUT2D eigenvalue weighted by atomic mass is 19.4. The van der Waals surface area contributed by atoms with Crippen LogP contribution < -0.4 is 0 Å². The van der Waals surface area contributed by atoms with Gasteiger partial charge in [-0.05, 0) is 17.7 Å². The molecule has 0 saturated carbocycles. The van der Waals surface area contributed by atoms with Crippen molar-refractivity contribution in [1.29, 1.82) is 0 Å². The van der Waals surface area contributed by atoms with Gasteiger partial charge >= 0.3 is 12.1 Å². The van der Waals surface area contributed by atoms with Crippen molar-refractivity contribution in [2.45, 2.75) is 19.3 Å². The summed E-state index contributed by atoms with van der Waals surface area (Å²) in [5.74, 6) is -1.07. The van der Waals surface area contributed by atoms with Gasteiger partial charge in [0.15, 0.2) is 0 Å². The van der Waals surface area contributed by atoms with Crippen molar-refractivity contribution < 1.29 is 23.1 Å². The minimum atomic E-state index is -4.33. The molecule has 0 atom stereocenters. The molecule has 0 bridgehead atoms. The van der Waals surface area contributed by atoms with Crippen molar-refractivity contribution in [3.05, 3.63) is 53.3 Å². The highest BCUT2D eigenvalue weighted by molar-refractivity contribution is 5.71. The lowest BCUT2D eigenvalue weighted by molar-refractivity contribution is -0.147. The zero-order chi connectivity index (χ0) is 17.3. The summed E-state index contributed by atoms with van der Waals surface area (Å²) in [7, 11) is 0. The number of carbonyl (C=O) groups is 1. The molecule has 2 aromatic rings. The van der Waals surface area contributed by atoms with Gasteiger partial charge in [0.2, 0.25) is 0 Å². The van der Waals surface area contributed by atoms with Crippen LogP contribution in [-0.2, 0) is 24.1 Å². The van der Waals surface area contributed by atoms with E-state index in [9.17, 15) is 18.0 Å². The molecule has 1 N–H and O–H groups in total. The number of rotatable bonds is 5. The molecule has 2 heterocycles. The van der Waals surface area contributed by atoms with E-state index in [0.717, 1.165) is 23.3 Å². The molecule has 1 aliphatic rings. The summed E-state index contributed by atoms with van der Waals surface area (Å²) in [6.45, 7) is 2.06. The fourth-order valence-corrected chi connectivity index (χ4v) is 2.67. The Morgan fingerprint density at radius 1 is 1.17 bits per heavy atom. The minimum absolute atomic E-state index is 0.299. The summed E-state index contributed by atoms with van der Waals surface area (Å²) in [6.07, 6.45) is -0.813. The quantitative estimate of drug-likeness (QED) is 0.909. The number of hydrogen-bond donors (Lipinski definition) is 1. The second-order valence-corrected chi connectivity index (χ2v) is 5.97. The molecule has 3 rings (SSSR count). The van der Waals surface area contributed by atoms with Crippen molar-refractivity contribution in [3.8, 4) is 0 Å². The van der Waals surface area contributed by atoms with Crippen molar-refractivity contribution in [2.75, 3.05) is 13.1 Å². The van der Waals surface area contributed by atoms with Crippen LogP contribution in [0.2, 0.25) is 0 Å². The first-order valence-electron chi connectivity index (χ1n) is 7.44. The zero-order valence-electron chi connectivity index (χ0n) is 12.7. The van der Waals surface area contributed by atoms with E-state index in [1.54, 1.807) is 10.9 Å². The van der Waals surface area contributed by atoms with Crippen molar-refractivity contribution >= 4 is 5.97 Å². The van der Waals surface area contributed by atoms with Gasteiger partial charge in [0.25, 0.3) is 0 Å². The number of carboxylic acid groups (broad SMARTS) is 1. The van der Waals surface area contributed by atoms with Crippen LogP contribution in [0.1, 0.15) is 16.7 Å². The molecular weight excluding hydrogens is 323 g/mol. The van der Waals surface area contributed by atoms with Gasteiger partial charge in [0.1, 0.15) is 0 Å². The Balaban J connectivity index is 1.55. The van der Waals surface area contributed by atoms with Gasteiger partial charge in [-0.1, -0.05) is 12.1 Å². The zero-order valence-corrected chi connectivity index (χ0v) is 12.7. The van der Waals surface area contributed by atoms with Crippen molar-refractivity contribution in [1.82, 2.24) is 14.7 Å². The lowest BCUT2D eigenvalue weighted by atomic mass is 10.0. The van der Waals surface area contributed by atoms with E-state index in [1.807, 2.05) is 11.1 Å². The third-order valence-electron chi connectivity index (χ3n) is 4.03. The van der Waals surface area contributed by atoms with Gasteiger partial charge in [-0.2, -0.15) is 18.3 Å². The molecule has 1 aromatic heterocycles. The molecule has 0 aliphatic carbocycles. The highest BCUT2D eigenvalue weighted by Crippen LogP contribution is 2.29. The number of hydrogen-bond acceptors (Lipinski definition) is 3. The van der Waals surface area contributed by atoms with E-state index in [4.69, 9.17) is 5.11 Å². The molecule has 5 nitrogen and oxygen atoms in total. The lowest BCUT2D eigenvalue weighted by Gasteiger charge is -2.36. The van der Waals surface area contributed by atoms with E-state index in [1.165, 1.54) is 12.1 Å². The first-order chi connectivity index (χ1) is 11.3. The molecule has 128 valence electrons. The van der Waals surface area contributed by atoms with Crippen LogP contribution in [0.5, 0.6) is 0 Å². The second-order valence-electron chi connectivity index (χ2n) is 5.97. The Hall–Kier alpha value is -2.35. The largest absolute Gasteiger partial charge is 0.481 e. The maximum atomic E-state index is 12.5. The topological polar surface area (TPSA) is 58.4 Å². The highest BCUT2D eigenvalue weighted by Gasteiger charge is 2.32. The van der Waals surface area contributed by atoms with E-state index in [0.29, 0.717) is 26.2 Å². The van der Waals surface area contributed by atoms with E-state index >= 15 is 0 Å². The number of nitrogens with zero attached hydrogens (tertiary/aromatic N) is 3. The molecule has 0 spiro atoms. The maximum absolute atomic E-state index is 12.5. The van der Waals surface area contributed by atoms with E-state index in [-0.39, 0.29) is 5.92 Å². The standard InChI is InChI=1S/C16H16F3N3O2/c17-16(18,19)14-3-1-11(2-4-14)7-22-8-12(5-20-22)6-21-9-13(10-21)15(23)24/h1-5,8,13H,6-7,9-10H2,(H,23,24). The fourth-order valence-electron chi connectivity index (χ4n) is 2.67. The molecule has 0 unspecified atom stereocenters. The number of benzene rings is 1. The average molecular weight is 339 g/mol. The third-order valence-corrected chi connectivity index (χ3v) is 4.03. The summed E-state index contributed by atoms with van der Waals surface area (Å²) >= 11 is 0. The molecule has 8 heteroatoms. The van der Waals surface area contributed by atoms with Crippen molar-refractivity contribution in [3.63, 3.8) is 0 Å². The third kappa shape index (κ3) is 3.76. The number of likely N-dealkylation sites (tertiary alicyclic amines) is 1. The minimum Gasteiger partial charge on any atom is -0.481 e. The van der Waals surface area contributed by atoms with Crippen LogP contribution in [0, 0.1) is 5.92 Å². The van der Waals surface area contributed by atoms with Crippen LogP contribution in [0.25, 0.3) is 0 Å². The van der Waals surface area contributed by atoms with Crippen LogP contribution in [0.3, 0.4) is 0 Å². The summed E-state index contributed by atoms with van der Waals surface area (Å²) < 4.78 is 39.2. The molecule has 1 fully saturated rings. The van der Waals surface area contributed by atoms with Crippen LogP contribution in [-0.4, -0.2) is 38.8 Å². The lowest BCUT2D eigenvalue weighted by Crippen LogP contribution is -2.49. The van der Waals surface area contributed by atoms with Gasteiger partial charge in [-0.15, -0.1) is 0 Å². The summed E-state index contributed by atoms with van der Waals surface area (Å²) in [5.41, 5.74) is 1.01. The van der Waals surface area contributed by atoms with Gasteiger partial charge in [-0.3, -0.25) is 14.4 Å². The van der Waals surface area contributed by atoms with E-state index in [2.05, 4.69) is 5.10 Å². The Kier molecular flexibility index (Phi) is 4.31. The molecule has 0 radical (unpaired) electrons. The van der Waals surface area contributed by atoms with E-state index < -0.39 is 17.7 Å². The second kappa shape index (κ2) is 6.27. The molecule has 0 amide bonds. The molecule has 1 saturated heterocycles. The predicted molar refractivity (Wildman–Crippen MR) is 79.2 cm³/mol.